The van der Waals surface area contributed by atoms with E-state index in [9.17, 15) is 9.59 Å². The normalized spacial score (nSPS) is 22.7. The van der Waals surface area contributed by atoms with E-state index in [4.69, 9.17) is 11.5 Å². The maximum Gasteiger partial charge on any atom is 0.243 e. The molecule has 2 atom stereocenters. The van der Waals surface area contributed by atoms with Crippen molar-refractivity contribution in [2.45, 2.75) is 64.0 Å². The highest BCUT2D eigenvalue weighted by Crippen LogP contribution is 2.27. The summed E-state index contributed by atoms with van der Waals surface area (Å²) < 4.78 is 0. The van der Waals surface area contributed by atoms with Crippen molar-refractivity contribution in [2.24, 2.45) is 17.4 Å². The van der Waals surface area contributed by atoms with Gasteiger partial charge in [-0.25, -0.2) is 0 Å². The minimum Gasteiger partial charge on any atom is -0.368 e. The maximum atomic E-state index is 12.0. The molecule has 1 aliphatic carbocycles. The van der Waals surface area contributed by atoms with Gasteiger partial charge in [-0.2, -0.15) is 0 Å². The largest absolute Gasteiger partial charge is 0.368 e. The smallest absolute Gasteiger partial charge is 0.243 e. The molecule has 0 aromatic heterocycles. The summed E-state index contributed by atoms with van der Waals surface area (Å²) in [4.78, 5) is 23.5. The second-order valence-corrected chi connectivity index (χ2v) is 5.26. The molecule has 2 amide bonds. The van der Waals surface area contributed by atoms with Crippen molar-refractivity contribution in [1.82, 2.24) is 5.32 Å². The van der Waals surface area contributed by atoms with Crippen LogP contribution in [0, 0.1) is 5.92 Å². The van der Waals surface area contributed by atoms with Crippen molar-refractivity contribution >= 4 is 24.2 Å². The molecule has 19 heavy (non-hydrogen) atoms. The van der Waals surface area contributed by atoms with Gasteiger partial charge >= 0.3 is 0 Å². The van der Waals surface area contributed by atoms with Crippen LogP contribution in [0.15, 0.2) is 0 Å². The van der Waals surface area contributed by atoms with Gasteiger partial charge in [-0.1, -0.05) is 20.3 Å². The van der Waals surface area contributed by atoms with Crippen molar-refractivity contribution in [3.8, 4) is 0 Å². The van der Waals surface area contributed by atoms with Gasteiger partial charge in [-0.05, 0) is 31.6 Å². The highest BCUT2D eigenvalue weighted by atomic mass is 35.5. The minimum absolute atomic E-state index is 0. The first-order valence-electron chi connectivity index (χ1n) is 6.81. The number of primary amides is 1. The summed E-state index contributed by atoms with van der Waals surface area (Å²) in [5, 5.41) is 2.81. The molecule has 6 heteroatoms. The summed E-state index contributed by atoms with van der Waals surface area (Å²) in [6.07, 6.45) is 4.50. The molecular weight excluding hydrogens is 266 g/mol. The molecule has 5 N–H and O–H groups in total. The van der Waals surface area contributed by atoms with Crippen LogP contribution >= 0.6 is 12.4 Å². The molecule has 0 saturated heterocycles. The monoisotopic (exact) mass is 291 g/mol. The molecule has 1 fully saturated rings. The second-order valence-electron chi connectivity index (χ2n) is 5.26. The van der Waals surface area contributed by atoms with E-state index in [1.807, 2.05) is 13.8 Å². The molecule has 1 saturated carbocycles. The van der Waals surface area contributed by atoms with Gasteiger partial charge in [0.25, 0.3) is 0 Å². The number of nitrogens with two attached hydrogens (primary N) is 2. The summed E-state index contributed by atoms with van der Waals surface area (Å²) in [5.41, 5.74) is 10.4. The molecule has 1 rings (SSSR count). The number of nitrogens with one attached hydrogen (secondary N) is 1. The second kappa shape index (κ2) is 7.70. The van der Waals surface area contributed by atoms with E-state index in [1.165, 1.54) is 0 Å². The van der Waals surface area contributed by atoms with Crippen LogP contribution < -0.4 is 16.8 Å². The lowest BCUT2D eigenvalue weighted by Crippen LogP contribution is -2.57. The van der Waals surface area contributed by atoms with Crippen molar-refractivity contribution in [3.63, 3.8) is 0 Å². The number of rotatable bonds is 6. The van der Waals surface area contributed by atoms with Crippen LogP contribution in [-0.2, 0) is 9.59 Å². The standard InChI is InChI=1S/C13H25N3O2.ClH/c1-3-13(4-2,12(15)18)16-11(17)8-9-6-5-7-10(9)14;/h9-10H,3-8,14H2,1-2H3,(H2,15,18)(H,16,17);1H/t9-,10+;/m0./s1. The van der Waals surface area contributed by atoms with E-state index in [1.54, 1.807) is 0 Å². The van der Waals surface area contributed by atoms with Crippen LogP contribution in [0.3, 0.4) is 0 Å². The van der Waals surface area contributed by atoms with E-state index in [2.05, 4.69) is 5.32 Å². The van der Waals surface area contributed by atoms with Crippen LogP contribution in [0.4, 0.5) is 0 Å². The van der Waals surface area contributed by atoms with E-state index in [-0.39, 0.29) is 30.3 Å². The SMILES string of the molecule is CCC(CC)(NC(=O)C[C@@H]1CCC[C@H]1N)C(N)=O.Cl. The number of hydrogen-bond donors (Lipinski definition) is 3. The predicted octanol–water partition coefficient (Wildman–Crippen LogP) is 1.09. The zero-order valence-electron chi connectivity index (χ0n) is 11.8. The molecule has 0 aromatic carbocycles. The first-order chi connectivity index (χ1) is 8.45. The quantitative estimate of drug-likeness (QED) is 0.683. The van der Waals surface area contributed by atoms with Crippen molar-refractivity contribution in [3.05, 3.63) is 0 Å². The lowest BCUT2D eigenvalue weighted by atomic mass is 9.91. The molecule has 5 nitrogen and oxygen atoms in total. The highest BCUT2D eigenvalue weighted by Gasteiger charge is 2.35. The molecule has 0 spiro atoms. The lowest BCUT2D eigenvalue weighted by molar-refractivity contribution is -0.132. The Labute approximate surface area is 121 Å². The number of carbonyl (C=O) groups is 2. The van der Waals surface area contributed by atoms with Gasteiger partial charge in [0.1, 0.15) is 5.54 Å². The molecule has 0 bridgehead atoms. The third-order valence-electron chi connectivity index (χ3n) is 4.22. The Morgan fingerprint density at radius 3 is 2.21 bits per heavy atom. The number of halogens is 1. The average Bonchev–Trinajstić information content (AvgIpc) is 2.71. The van der Waals surface area contributed by atoms with Gasteiger partial charge in [0.15, 0.2) is 0 Å². The molecule has 0 unspecified atom stereocenters. The highest BCUT2D eigenvalue weighted by molar-refractivity contribution is 5.90. The Balaban J connectivity index is 0.00000324. The summed E-state index contributed by atoms with van der Waals surface area (Å²) in [6, 6.07) is 0.113. The molecule has 1 aliphatic rings. The third-order valence-corrected chi connectivity index (χ3v) is 4.22. The number of hydrogen-bond acceptors (Lipinski definition) is 3. The zero-order valence-corrected chi connectivity index (χ0v) is 12.6. The Morgan fingerprint density at radius 2 is 1.84 bits per heavy atom. The topological polar surface area (TPSA) is 98.2 Å². The molecule has 0 heterocycles. The molecule has 112 valence electrons. The Kier molecular flexibility index (Phi) is 7.37. The first-order valence-corrected chi connectivity index (χ1v) is 6.81. The summed E-state index contributed by atoms with van der Waals surface area (Å²) in [7, 11) is 0. The van der Waals surface area contributed by atoms with Gasteiger partial charge in [-0.15, -0.1) is 12.4 Å². The predicted molar refractivity (Wildman–Crippen MR) is 77.8 cm³/mol. The molecule has 0 radical (unpaired) electrons. The van der Waals surface area contributed by atoms with E-state index < -0.39 is 11.4 Å². The molecule has 0 aromatic rings. The first kappa shape index (κ1) is 18.2. The Hall–Kier alpha value is -0.810. The van der Waals surface area contributed by atoms with Gasteiger partial charge in [0.05, 0.1) is 0 Å². The van der Waals surface area contributed by atoms with Gasteiger partial charge in [0.2, 0.25) is 11.8 Å². The zero-order chi connectivity index (χ0) is 13.8. The number of amides is 2. The van der Waals surface area contributed by atoms with Crippen LogP contribution in [0.5, 0.6) is 0 Å². The summed E-state index contributed by atoms with van der Waals surface area (Å²) in [5.74, 6) is -0.333. The minimum atomic E-state index is -0.903. The van der Waals surface area contributed by atoms with E-state index in [0.717, 1.165) is 19.3 Å². The fraction of sp³-hybridized carbons (Fsp3) is 0.846. The van der Waals surface area contributed by atoms with E-state index >= 15 is 0 Å². The fourth-order valence-electron chi connectivity index (χ4n) is 2.71. The molecule has 0 aliphatic heterocycles. The van der Waals surface area contributed by atoms with Crippen LogP contribution in [-0.4, -0.2) is 23.4 Å². The van der Waals surface area contributed by atoms with E-state index in [0.29, 0.717) is 19.3 Å². The lowest BCUT2D eigenvalue weighted by Gasteiger charge is -2.30. The van der Waals surface area contributed by atoms with Gasteiger partial charge in [-0.3, -0.25) is 9.59 Å². The van der Waals surface area contributed by atoms with Gasteiger partial charge in [0, 0.05) is 12.5 Å². The Bertz CT molecular complexity index is 319. The summed E-state index contributed by atoms with van der Waals surface area (Å²) in [6.45, 7) is 3.71. The van der Waals surface area contributed by atoms with Crippen LogP contribution in [0.25, 0.3) is 0 Å². The van der Waals surface area contributed by atoms with Crippen molar-refractivity contribution in [1.29, 1.82) is 0 Å². The number of carbonyl (C=O) groups excluding carboxylic acids is 2. The van der Waals surface area contributed by atoms with Crippen LogP contribution in [0.1, 0.15) is 52.4 Å². The maximum absolute atomic E-state index is 12.0. The average molecular weight is 292 g/mol. The van der Waals surface area contributed by atoms with Gasteiger partial charge < -0.3 is 16.8 Å². The Morgan fingerprint density at radius 1 is 1.26 bits per heavy atom. The van der Waals surface area contributed by atoms with Crippen LogP contribution in [0.2, 0.25) is 0 Å². The summed E-state index contributed by atoms with van der Waals surface area (Å²) >= 11 is 0. The molecular formula is C13H26ClN3O2. The third kappa shape index (κ3) is 4.35. The van der Waals surface area contributed by atoms with Crippen molar-refractivity contribution < 1.29 is 9.59 Å². The fourth-order valence-corrected chi connectivity index (χ4v) is 2.71. The van der Waals surface area contributed by atoms with Crippen molar-refractivity contribution in [2.75, 3.05) is 0 Å².